The Balaban J connectivity index is 3.24. The normalized spacial score (nSPS) is 12.6. The number of halogens is 1. The molecular weight excluding hydrogens is 218 g/mol. The molecule has 0 aliphatic carbocycles. The molecule has 0 rings (SSSR count). The van der Waals surface area contributed by atoms with Gasteiger partial charge in [0.2, 0.25) is 5.91 Å². The molecule has 1 atom stereocenters. The van der Waals surface area contributed by atoms with Crippen LogP contribution in [0.25, 0.3) is 0 Å². The van der Waals surface area contributed by atoms with Gasteiger partial charge >= 0.3 is 0 Å². The van der Waals surface area contributed by atoms with E-state index < -0.39 is 0 Å². The Morgan fingerprint density at radius 1 is 1.50 bits per heavy atom. The molecule has 0 heterocycles. The van der Waals surface area contributed by atoms with Crippen molar-refractivity contribution in [1.82, 2.24) is 5.32 Å². The van der Waals surface area contributed by atoms with E-state index in [1.165, 1.54) is 0 Å². The highest BCUT2D eigenvalue weighted by Crippen LogP contribution is 2.07. The van der Waals surface area contributed by atoms with Crippen molar-refractivity contribution in [3.05, 3.63) is 0 Å². The number of hydrogen-bond donors (Lipinski definition) is 1. The molecule has 2 nitrogen and oxygen atoms in total. The maximum Gasteiger partial charge on any atom is 0.219 e. The third-order valence-corrected chi connectivity index (χ3v) is 2.81. The molecule has 1 N–H and O–H groups in total. The summed E-state index contributed by atoms with van der Waals surface area (Å²) in [7, 11) is 0. The first-order valence-electron chi connectivity index (χ1n) is 4.61. The lowest BCUT2D eigenvalue weighted by molar-refractivity contribution is -0.121. The molecule has 0 radical (unpaired) electrons. The van der Waals surface area contributed by atoms with Gasteiger partial charge in [-0.3, -0.25) is 4.79 Å². The van der Waals surface area contributed by atoms with Crippen molar-refractivity contribution in [2.24, 2.45) is 0 Å². The fraction of sp³-hybridized carbons (Fsp3) is 0.889. The van der Waals surface area contributed by atoms with Crippen molar-refractivity contribution in [3.8, 4) is 0 Å². The third kappa shape index (κ3) is 6.65. The number of rotatable bonds is 6. The number of hydrogen-bond acceptors (Lipinski definition) is 1. The minimum Gasteiger partial charge on any atom is -0.356 e. The van der Waals surface area contributed by atoms with Gasteiger partial charge in [-0.05, 0) is 19.3 Å². The van der Waals surface area contributed by atoms with E-state index in [2.05, 4.69) is 28.2 Å². The number of amides is 1. The largest absolute Gasteiger partial charge is 0.356 e. The highest BCUT2D eigenvalue weighted by molar-refractivity contribution is 9.09. The van der Waals surface area contributed by atoms with E-state index in [0.29, 0.717) is 11.2 Å². The zero-order valence-corrected chi connectivity index (χ0v) is 9.49. The molecule has 1 amide bonds. The smallest absolute Gasteiger partial charge is 0.219 e. The van der Waals surface area contributed by atoms with Crippen LogP contribution in [-0.2, 0) is 4.79 Å². The van der Waals surface area contributed by atoms with E-state index >= 15 is 0 Å². The summed E-state index contributed by atoms with van der Waals surface area (Å²) < 4.78 is 0. The highest BCUT2D eigenvalue weighted by Gasteiger charge is 2.01. The minimum absolute atomic E-state index is 0.174. The monoisotopic (exact) mass is 235 g/mol. The van der Waals surface area contributed by atoms with Gasteiger partial charge in [-0.15, -0.1) is 0 Å². The van der Waals surface area contributed by atoms with Gasteiger partial charge in [0, 0.05) is 17.8 Å². The fourth-order valence-electron chi connectivity index (χ4n) is 0.888. The second kappa shape index (κ2) is 7.59. The molecule has 1 unspecified atom stereocenters. The lowest BCUT2D eigenvalue weighted by Crippen LogP contribution is -2.25. The number of carbonyl (C=O) groups is 1. The van der Waals surface area contributed by atoms with Gasteiger partial charge < -0.3 is 5.32 Å². The van der Waals surface area contributed by atoms with E-state index in [9.17, 15) is 4.79 Å². The second-order valence-electron chi connectivity index (χ2n) is 2.89. The van der Waals surface area contributed by atoms with Crippen LogP contribution < -0.4 is 5.32 Å². The summed E-state index contributed by atoms with van der Waals surface area (Å²) >= 11 is 3.51. The van der Waals surface area contributed by atoms with Crippen molar-refractivity contribution in [2.75, 3.05) is 6.54 Å². The molecular formula is C9H18BrNO. The second-order valence-corrected chi connectivity index (χ2v) is 4.19. The lowest BCUT2D eigenvalue weighted by Gasteiger charge is -2.07. The standard InChI is InChI=1S/C9H18BrNO/c1-3-5-9(12)11-7-6-8(10)4-2/h8H,3-7H2,1-2H3,(H,11,12). The quantitative estimate of drug-likeness (QED) is 0.705. The Labute approximate surface area is 83.2 Å². The zero-order chi connectivity index (χ0) is 9.40. The third-order valence-electron chi connectivity index (χ3n) is 1.70. The van der Waals surface area contributed by atoms with Gasteiger partial charge in [0.05, 0.1) is 0 Å². The Kier molecular flexibility index (Phi) is 7.56. The average Bonchev–Trinajstić information content (AvgIpc) is 2.04. The highest BCUT2D eigenvalue weighted by atomic mass is 79.9. The summed E-state index contributed by atoms with van der Waals surface area (Å²) in [6, 6.07) is 0. The SMILES string of the molecule is CCCC(=O)NCCC(Br)CC. The van der Waals surface area contributed by atoms with Crippen molar-refractivity contribution < 1.29 is 4.79 Å². The average molecular weight is 236 g/mol. The molecule has 72 valence electrons. The predicted molar refractivity (Wildman–Crippen MR) is 55.5 cm³/mol. The Hall–Kier alpha value is -0.0500. The molecule has 0 aliphatic rings. The summed E-state index contributed by atoms with van der Waals surface area (Å²) in [5.74, 6) is 0.174. The summed E-state index contributed by atoms with van der Waals surface area (Å²) in [5.41, 5.74) is 0. The number of nitrogens with one attached hydrogen (secondary N) is 1. The van der Waals surface area contributed by atoms with Gasteiger partial charge in [0.25, 0.3) is 0 Å². The molecule has 0 saturated heterocycles. The molecule has 0 aromatic carbocycles. The van der Waals surface area contributed by atoms with Gasteiger partial charge in [-0.1, -0.05) is 29.8 Å². The molecule has 0 aliphatic heterocycles. The molecule has 3 heteroatoms. The predicted octanol–water partition coefficient (Wildman–Crippen LogP) is 2.47. The van der Waals surface area contributed by atoms with Gasteiger partial charge in [0.15, 0.2) is 0 Å². The lowest BCUT2D eigenvalue weighted by atomic mass is 10.2. The van der Waals surface area contributed by atoms with E-state index in [1.807, 2.05) is 6.92 Å². The first-order valence-corrected chi connectivity index (χ1v) is 5.53. The van der Waals surface area contributed by atoms with Gasteiger partial charge in [0.1, 0.15) is 0 Å². The molecule has 0 aromatic heterocycles. The van der Waals surface area contributed by atoms with Crippen molar-refractivity contribution in [3.63, 3.8) is 0 Å². The summed E-state index contributed by atoms with van der Waals surface area (Å²) in [4.78, 5) is 11.5. The summed E-state index contributed by atoms with van der Waals surface area (Å²) in [6.07, 6.45) is 3.71. The molecule has 12 heavy (non-hydrogen) atoms. The number of carbonyl (C=O) groups excluding carboxylic acids is 1. The van der Waals surface area contributed by atoms with Crippen molar-refractivity contribution >= 4 is 21.8 Å². The number of alkyl halides is 1. The molecule has 0 fully saturated rings. The van der Waals surface area contributed by atoms with E-state index in [0.717, 1.165) is 25.8 Å². The van der Waals surface area contributed by atoms with Crippen LogP contribution in [0.1, 0.15) is 39.5 Å². The molecule has 0 aromatic rings. The van der Waals surface area contributed by atoms with Crippen LogP contribution >= 0.6 is 15.9 Å². The Bertz CT molecular complexity index is 128. The van der Waals surface area contributed by atoms with Crippen LogP contribution in [0.15, 0.2) is 0 Å². The first kappa shape index (κ1) is 11.9. The Morgan fingerprint density at radius 3 is 2.67 bits per heavy atom. The van der Waals surface area contributed by atoms with Crippen molar-refractivity contribution in [2.45, 2.75) is 44.4 Å². The maximum absolute atomic E-state index is 11.0. The molecule has 0 saturated carbocycles. The maximum atomic E-state index is 11.0. The summed E-state index contributed by atoms with van der Waals surface area (Å²) in [5, 5.41) is 2.88. The van der Waals surface area contributed by atoms with Crippen LogP contribution in [0.2, 0.25) is 0 Å². The zero-order valence-electron chi connectivity index (χ0n) is 7.90. The Morgan fingerprint density at radius 2 is 2.17 bits per heavy atom. The van der Waals surface area contributed by atoms with Crippen LogP contribution in [0.3, 0.4) is 0 Å². The van der Waals surface area contributed by atoms with Crippen molar-refractivity contribution in [1.29, 1.82) is 0 Å². The molecule has 0 bridgehead atoms. The topological polar surface area (TPSA) is 29.1 Å². The minimum atomic E-state index is 0.174. The van der Waals surface area contributed by atoms with E-state index in [4.69, 9.17) is 0 Å². The van der Waals surface area contributed by atoms with Crippen LogP contribution in [0, 0.1) is 0 Å². The van der Waals surface area contributed by atoms with E-state index in [1.54, 1.807) is 0 Å². The van der Waals surface area contributed by atoms with Gasteiger partial charge in [-0.2, -0.15) is 0 Å². The first-order chi connectivity index (χ1) is 5.70. The van der Waals surface area contributed by atoms with Crippen LogP contribution in [0.5, 0.6) is 0 Å². The van der Waals surface area contributed by atoms with Crippen LogP contribution in [0.4, 0.5) is 0 Å². The van der Waals surface area contributed by atoms with E-state index in [-0.39, 0.29) is 5.91 Å². The van der Waals surface area contributed by atoms with Gasteiger partial charge in [-0.25, -0.2) is 0 Å². The summed E-state index contributed by atoms with van der Waals surface area (Å²) in [6.45, 7) is 4.94. The molecule has 0 spiro atoms. The van der Waals surface area contributed by atoms with Crippen LogP contribution in [-0.4, -0.2) is 17.3 Å². The fourth-order valence-corrected chi connectivity index (χ4v) is 1.12.